The number of nitrogens with zero attached hydrogens (tertiary/aromatic N) is 2. The second-order valence-electron chi connectivity index (χ2n) is 8.31. The van der Waals surface area contributed by atoms with E-state index in [1.54, 1.807) is 34.9 Å². The number of ether oxygens (including phenoxy) is 1. The van der Waals surface area contributed by atoms with Gasteiger partial charge in [0, 0.05) is 23.9 Å². The van der Waals surface area contributed by atoms with Crippen LogP contribution in [0.4, 0.5) is 5.13 Å². The van der Waals surface area contributed by atoms with Gasteiger partial charge in [-0.05, 0) is 12.1 Å². The standard InChI is InChI=1S/C21H19N3O5S/c1-10-12(25)9-11(13-3-2-7-28-13)24-17(10)21-5-4-14(29-21)15(16(21)19(24)27)18(26)23-20-22-6-8-30-20/h2-8,10-11,14-17H,9H2,1H3,(H,22,23,26)/t10?,11?,14-,15?,16?,17?,21?/m1/s1. The zero-order chi connectivity index (χ0) is 20.6. The van der Waals surface area contributed by atoms with E-state index in [-0.39, 0.29) is 24.0 Å². The van der Waals surface area contributed by atoms with Crippen molar-refractivity contribution in [2.75, 3.05) is 5.32 Å². The monoisotopic (exact) mass is 425 g/mol. The molecular weight excluding hydrogens is 406 g/mol. The number of thiazole rings is 1. The van der Waals surface area contributed by atoms with Gasteiger partial charge >= 0.3 is 0 Å². The van der Waals surface area contributed by atoms with Crippen molar-refractivity contribution in [2.24, 2.45) is 17.8 Å². The van der Waals surface area contributed by atoms with Gasteiger partial charge in [0.15, 0.2) is 5.13 Å². The van der Waals surface area contributed by atoms with Crippen LogP contribution < -0.4 is 5.32 Å². The number of ketones is 1. The van der Waals surface area contributed by atoms with Crippen LogP contribution >= 0.6 is 11.3 Å². The summed E-state index contributed by atoms with van der Waals surface area (Å²) in [6, 6.07) is 2.58. The van der Waals surface area contributed by atoms with Crippen molar-refractivity contribution in [1.29, 1.82) is 0 Å². The third kappa shape index (κ3) is 2.19. The Kier molecular flexibility index (Phi) is 3.67. The lowest BCUT2D eigenvalue weighted by molar-refractivity contribution is -0.147. The average Bonchev–Trinajstić information content (AvgIpc) is 3.52. The molecule has 3 saturated heterocycles. The van der Waals surface area contributed by atoms with E-state index in [4.69, 9.17) is 9.15 Å². The number of nitrogens with one attached hydrogen (secondary N) is 1. The third-order valence-corrected chi connectivity index (χ3v) is 7.61. The molecule has 1 N–H and O–H groups in total. The number of furan rings is 1. The molecular formula is C21H19N3O5S. The predicted octanol–water partition coefficient (Wildman–Crippen LogP) is 2.18. The van der Waals surface area contributed by atoms with E-state index in [0.29, 0.717) is 10.9 Å². The van der Waals surface area contributed by atoms with Crippen LogP contribution in [0.3, 0.4) is 0 Å². The summed E-state index contributed by atoms with van der Waals surface area (Å²) in [5.41, 5.74) is -0.979. The lowest BCUT2D eigenvalue weighted by atomic mass is 9.70. The Morgan fingerprint density at radius 1 is 1.40 bits per heavy atom. The minimum Gasteiger partial charge on any atom is -0.467 e. The zero-order valence-electron chi connectivity index (χ0n) is 16.1. The minimum atomic E-state index is -0.979. The number of Topliss-reactive ketones (excluding diaryl/α,β-unsaturated/α-hetero) is 1. The van der Waals surface area contributed by atoms with Gasteiger partial charge < -0.3 is 19.4 Å². The molecule has 4 aliphatic rings. The van der Waals surface area contributed by atoms with Crippen LogP contribution in [0.15, 0.2) is 46.5 Å². The fraction of sp³-hybridized carbons (Fsp3) is 0.429. The van der Waals surface area contributed by atoms with Crippen LogP contribution in [0.2, 0.25) is 0 Å². The molecule has 0 radical (unpaired) electrons. The van der Waals surface area contributed by atoms with Crippen molar-refractivity contribution in [3.05, 3.63) is 47.9 Å². The molecule has 8 nitrogen and oxygen atoms in total. The Morgan fingerprint density at radius 2 is 2.27 bits per heavy atom. The molecule has 9 heteroatoms. The molecule has 0 saturated carbocycles. The molecule has 2 bridgehead atoms. The number of hydrogen-bond acceptors (Lipinski definition) is 7. The lowest BCUT2D eigenvalue weighted by Crippen LogP contribution is -2.55. The van der Waals surface area contributed by atoms with Gasteiger partial charge in [-0.3, -0.25) is 14.4 Å². The number of anilines is 1. The van der Waals surface area contributed by atoms with E-state index in [2.05, 4.69) is 10.3 Å². The number of carbonyl (C=O) groups is 3. The molecule has 30 heavy (non-hydrogen) atoms. The molecule has 2 aromatic rings. The van der Waals surface area contributed by atoms with Gasteiger partial charge in [0.05, 0.1) is 36.3 Å². The number of carbonyl (C=O) groups excluding carboxylic acids is 3. The van der Waals surface area contributed by atoms with Crippen molar-refractivity contribution in [2.45, 2.75) is 37.1 Å². The van der Waals surface area contributed by atoms with Crippen LogP contribution in [0, 0.1) is 17.8 Å². The zero-order valence-corrected chi connectivity index (χ0v) is 16.9. The molecule has 7 atom stereocenters. The lowest BCUT2D eigenvalue weighted by Gasteiger charge is -2.43. The molecule has 1 spiro atoms. The molecule has 6 rings (SSSR count). The molecule has 0 aromatic carbocycles. The Morgan fingerprint density at radius 3 is 3.00 bits per heavy atom. The van der Waals surface area contributed by atoms with Crippen molar-refractivity contribution < 1.29 is 23.5 Å². The summed E-state index contributed by atoms with van der Waals surface area (Å²) in [7, 11) is 0. The van der Waals surface area contributed by atoms with E-state index in [0.717, 1.165) is 0 Å². The first kappa shape index (κ1) is 18.0. The van der Waals surface area contributed by atoms with Gasteiger partial charge in [0.1, 0.15) is 17.1 Å². The Labute approximate surface area is 175 Å². The number of piperidine rings is 1. The smallest absolute Gasteiger partial charge is 0.233 e. The van der Waals surface area contributed by atoms with Crippen molar-refractivity contribution in [1.82, 2.24) is 9.88 Å². The second-order valence-corrected chi connectivity index (χ2v) is 9.20. The van der Waals surface area contributed by atoms with Crippen LogP contribution in [-0.2, 0) is 19.1 Å². The van der Waals surface area contributed by atoms with Gasteiger partial charge in [-0.1, -0.05) is 19.1 Å². The van der Waals surface area contributed by atoms with Gasteiger partial charge in [0.25, 0.3) is 0 Å². The molecule has 3 fully saturated rings. The first-order valence-electron chi connectivity index (χ1n) is 9.97. The maximum Gasteiger partial charge on any atom is 0.233 e. The highest BCUT2D eigenvalue weighted by atomic mass is 32.1. The number of rotatable bonds is 3. The molecule has 0 aliphatic carbocycles. The SMILES string of the molecule is CC1C(=O)CC(c2ccco2)N2C(=O)C3C(C(=O)Nc4nccs4)[C@H]4C=CC3(O4)C12. The number of hydrogen-bond donors (Lipinski definition) is 1. The van der Waals surface area contributed by atoms with Gasteiger partial charge in [0.2, 0.25) is 11.8 Å². The first-order chi connectivity index (χ1) is 14.5. The van der Waals surface area contributed by atoms with E-state index in [1.165, 1.54) is 11.3 Å². The van der Waals surface area contributed by atoms with Gasteiger partial charge in [-0.2, -0.15) is 0 Å². The summed E-state index contributed by atoms with van der Waals surface area (Å²) in [6.07, 6.45) is 6.61. The summed E-state index contributed by atoms with van der Waals surface area (Å²) in [5, 5.41) is 5.08. The van der Waals surface area contributed by atoms with Crippen LogP contribution in [0.5, 0.6) is 0 Å². The largest absolute Gasteiger partial charge is 0.467 e. The van der Waals surface area contributed by atoms with E-state index in [9.17, 15) is 14.4 Å². The molecule has 2 aromatic heterocycles. The third-order valence-electron chi connectivity index (χ3n) is 6.92. The average molecular weight is 425 g/mol. The molecule has 154 valence electrons. The van der Waals surface area contributed by atoms with Crippen LogP contribution in [0.1, 0.15) is 25.1 Å². The number of fused-ring (bicyclic) bond motifs is 2. The fourth-order valence-electron chi connectivity index (χ4n) is 5.74. The second kappa shape index (κ2) is 6.12. The Balaban J connectivity index is 1.41. The summed E-state index contributed by atoms with van der Waals surface area (Å²) in [5.74, 6) is -1.54. The highest BCUT2D eigenvalue weighted by molar-refractivity contribution is 7.13. The predicted molar refractivity (Wildman–Crippen MR) is 105 cm³/mol. The quantitative estimate of drug-likeness (QED) is 0.757. The van der Waals surface area contributed by atoms with Crippen LogP contribution in [0.25, 0.3) is 0 Å². The van der Waals surface area contributed by atoms with E-state index < -0.39 is 41.5 Å². The summed E-state index contributed by atoms with van der Waals surface area (Å²) in [4.78, 5) is 45.6. The highest BCUT2D eigenvalue weighted by Crippen LogP contribution is 2.59. The highest BCUT2D eigenvalue weighted by Gasteiger charge is 2.74. The summed E-state index contributed by atoms with van der Waals surface area (Å²) in [6.45, 7) is 1.84. The first-order valence-corrected chi connectivity index (χ1v) is 10.8. The van der Waals surface area contributed by atoms with E-state index >= 15 is 0 Å². The van der Waals surface area contributed by atoms with Crippen molar-refractivity contribution >= 4 is 34.1 Å². The molecule has 6 unspecified atom stereocenters. The molecule has 4 aliphatic heterocycles. The van der Waals surface area contributed by atoms with Crippen molar-refractivity contribution in [3.8, 4) is 0 Å². The normalized spacial score (nSPS) is 38.8. The van der Waals surface area contributed by atoms with Crippen LogP contribution in [-0.4, -0.2) is 45.2 Å². The minimum absolute atomic E-state index is 0.0663. The fourth-order valence-corrected chi connectivity index (χ4v) is 6.27. The van der Waals surface area contributed by atoms with Gasteiger partial charge in [-0.25, -0.2) is 4.98 Å². The number of aromatic nitrogens is 1. The van der Waals surface area contributed by atoms with E-state index in [1.807, 2.05) is 19.1 Å². The maximum atomic E-state index is 13.7. The topological polar surface area (TPSA) is 102 Å². The molecule has 6 heterocycles. The number of amides is 2. The van der Waals surface area contributed by atoms with Crippen molar-refractivity contribution in [3.63, 3.8) is 0 Å². The Bertz CT molecular complexity index is 1060. The summed E-state index contributed by atoms with van der Waals surface area (Å²) >= 11 is 1.32. The Hall–Kier alpha value is -2.78. The van der Waals surface area contributed by atoms with Gasteiger partial charge in [-0.15, -0.1) is 11.3 Å². The maximum absolute atomic E-state index is 13.7. The molecule has 2 amide bonds. The summed E-state index contributed by atoms with van der Waals surface area (Å²) < 4.78 is 11.9.